The van der Waals surface area contributed by atoms with Crippen LogP contribution in [0.5, 0.6) is 0 Å². The zero-order valence-corrected chi connectivity index (χ0v) is 16.7. The summed E-state index contributed by atoms with van der Waals surface area (Å²) in [5.41, 5.74) is 1.65. The van der Waals surface area contributed by atoms with Crippen molar-refractivity contribution in [2.24, 2.45) is 0 Å². The lowest BCUT2D eigenvalue weighted by atomic mass is 10.1. The second-order valence-corrected chi connectivity index (χ2v) is 6.49. The summed E-state index contributed by atoms with van der Waals surface area (Å²) >= 11 is 0. The SMILES string of the molecule is CCOC(=O)c1c(Nc2ncnc3c2cnn3-c2ccccc2)oc(C)c1C(C)=O. The molecule has 3 aromatic heterocycles. The summed E-state index contributed by atoms with van der Waals surface area (Å²) in [6.45, 7) is 4.85. The monoisotopic (exact) mass is 405 g/mol. The summed E-state index contributed by atoms with van der Waals surface area (Å²) in [5, 5.41) is 8.04. The number of aromatic nitrogens is 4. The molecule has 0 unspecified atom stereocenters. The molecule has 1 aromatic carbocycles. The van der Waals surface area contributed by atoms with Gasteiger partial charge in [-0.2, -0.15) is 5.10 Å². The van der Waals surface area contributed by atoms with Crippen molar-refractivity contribution < 1.29 is 18.7 Å². The molecule has 0 radical (unpaired) electrons. The minimum atomic E-state index is -0.646. The third kappa shape index (κ3) is 3.30. The second-order valence-electron chi connectivity index (χ2n) is 6.49. The first-order chi connectivity index (χ1) is 14.5. The molecule has 9 heteroatoms. The molecule has 0 aliphatic carbocycles. The molecule has 0 saturated carbocycles. The topological polar surface area (TPSA) is 112 Å². The Morgan fingerprint density at radius 2 is 1.93 bits per heavy atom. The molecule has 4 rings (SSSR count). The number of hydrogen-bond acceptors (Lipinski definition) is 8. The van der Waals surface area contributed by atoms with Crippen molar-refractivity contribution in [2.75, 3.05) is 11.9 Å². The van der Waals surface area contributed by atoms with Crippen molar-refractivity contribution in [3.05, 3.63) is 59.7 Å². The van der Waals surface area contributed by atoms with E-state index in [9.17, 15) is 9.59 Å². The van der Waals surface area contributed by atoms with Gasteiger partial charge in [0.25, 0.3) is 0 Å². The summed E-state index contributed by atoms with van der Waals surface area (Å²) in [6.07, 6.45) is 3.01. The number of fused-ring (bicyclic) bond motifs is 1. The Morgan fingerprint density at radius 3 is 2.63 bits per heavy atom. The highest BCUT2D eigenvalue weighted by atomic mass is 16.5. The Morgan fingerprint density at radius 1 is 1.17 bits per heavy atom. The molecular formula is C21H19N5O4. The molecule has 1 N–H and O–H groups in total. The van der Waals surface area contributed by atoms with Crippen LogP contribution in [-0.4, -0.2) is 38.1 Å². The van der Waals surface area contributed by atoms with Crippen molar-refractivity contribution in [3.63, 3.8) is 0 Å². The van der Waals surface area contributed by atoms with E-state index in [1.54, 1.807) is 24.7 Å². The number of esters is 1. The number of ketones is 1. The third-order valence-corrected chi connectivity index (χ3v) is 4.51. The minimum Gasteiger partial charge on any atom is -0.462 e. The molecule has 0 aliphatic rings. The van der Waals surface area contributed by atoms with E-state index in [4.69, 9.17) is 9.15 Å². The van der Waals surface area contributed by atoms with Crippen LogP contribution in [0.3, 0.4) is 0 Å². The Kier molecular flexibility index (Phi) is 5.01. The van der Waals surface area contributed by atoms with Crippen molar-refractivity contribution in [2.45, 2.75) is 20.8 Å². The largest absolute Gasteiger partial charge is 0.462 e. The molecule has 0 atom stereocenters. The maximum absolute atomic E-state index is 12.5. The fraction of sp³-hybridized carbons (Fsp3) is 0.190. The Labute approximate surface area is 171 Å². The van der Waals surface area contributed by atoms with E-state index in [1.165, 1.54) is 13.3 Å². The van der Waals surface area contributed by atoms with Crippen LogP contribution in [0.25, 0.3) is 16.7 Å². The van der Waals surface area contributed by atoms with Gasteiger partial charge in [0.1, 0.15) is 23.5 Å². The van der Waals surface area contributed by atoms with Crippen LogP contribution in [0.1, 0.15) is 40.3 Å². The van der Waals surface area contributed by atoms with E-state index >= 15 is 0 Å². The summed E-state index contributed by atoms with van der Waals surface area (Å²) in [4.78, 5) is 33.2. The van der Waals surface area contributed by atoms with Crippen LogP contribution in [0, 0.1) is 6.92 Å². The molecule has 0 spiro atoms. The number of para-hydroxylation sites is 1. The lowest BCUT2D eigenvalue weighted by molar-refractivity contribution is 0.0524. The lowest BCUT2D eigenvalue weighted by Crippen LogP contribution is -2.11. The zero-order valence-electron chi connectivity index (χ0n) is 16.7. The van der Waals surface area contributed by atoms with Gasteiger partial charge < -0.3 is 14.5 Å². The molecule has 0 amide bonds. The number of furan rings is 1. The van der Waals surface area contributed by atoms with E-state index in [0.717, 1.165) is 5.69 Å². The highest BCUT2D eigenvalue weighted by Crippen LogP contribution is 2.32. The quantitative estimate of drug-likeness (QED) is 0.380. The number of ether oxygens (including phenoxy) is 1. The smallest absolute Gasteiger partial charge is 0.344 e. The molecule has 30 heavy (non-hydrogen) atoms. The first-order valence-electron chi connectivity index (χ1n) is 9.33. The van der Waals surface area contributed by atoms with Gasteiger partial charge in [0.2, 0.25) is 5.88 Å². The van der Waals surface area contributed by atoms with Crippen LogP contribution in [-0.2, 0) is 4.74 Å². The number of carbonyl (C=O) groups excluding carboxylic acids is 2. The number of carbonyl (C=O) groups is 2. The first-order valence-corrected chi connectivity index (χ1v) is 9.33. The predicted octanol–water partition coefficient (Wildman–Crippen LogP) is 3.84. The molecule has 0 fully saturated rings. The standard InChI is InChI=1S/C21H19N5O4/c1-4-29-21(28)17-16(12(2)27)13(3)30-20(17)25-18-15-10-24-26(19(15)23-11-22-18)14-8-6-5-7-9-14/h5-11H,4H2,1-3H3,(H,22,23,25). The number of anilines is 2. The average molecular weight is 405 g/mol. The van der Waals surface area contributed by atoms with Crippen LogP contribution in [0.15, 0.2) is 47.3 Å². The number of aryl methyl sites for hydroxylation is 1. The zero-order chi connectivity index (χ0) is 21.3. The Balaban J connectivity index is 1.80. The Hall–Kier alpha value is -4.01. The van der Waals surface area contributed by atoms with Gasteiger partial charge in [-0.05, 0) is 32.9 Å². The summed E-state index contributed by atoms with van der Waals surface area (Å²) < 4.78 is 12.5. The highest BCUT2D eigenvalue weighted by Gasteiger charge is 2.28. The van der Waals surface area contributed by atoms with Crippen molar-refractivity contribution in [1.29, 1.82) is 0 Å². The van der Waals surface area contributed by atoms with Gasteiger partial charge in [-0.3, -0.25) is 4.79 Å². The van der Waals surface area contributed by atoms with Crippen LogP contribution >= 0.6 is 0 Å². The Bertz CT molecular complexity index is 1240. The number of rotatable bonds is 6. The molecule has 0 aliphatic heterocycles. The van der Waals surface area contributed by atoms with E-state index in [0.29, 0.717) is 22.6 Å². The second kappa shape index (κ2) is 7.78. The van der Waals surface area contributed by atoms with Gasteiger partial charge in [-0.15, -0.1) is 0 Å². The van der Waals surface area contributed by atoms with Crippen LogP contribution < -0.4 is 5.32 Å². The van der Waals surface area contributed by atoms with E-state index in [1.807, 2.05) is 30.3 Å². The van der Waals surface area contributed by atoms with Gasteiger partial charge in [0, 0.05) is 0 Å². The average Bonchev–Trinajstić information content (AvgIpc) is 3.30. The molecule has 4 aromatic rings. The molecule has 0 saturated heterocycles. The maximum Gasteiger partial charge on any atom is 0.344 e. The number of benzene rings is 1. The number of hydrogen-bond donors (Lipinski definition) is 1. The van der Waals surface area contributed by atoms with Gasteiger partial charge >= 0.3 is 5.97 Å². The normalized spacial score (nSPS) is 10.9. The fourth-order valence-electron chi connectivity index (χ4n) is 3.26. The number of nitrogens with zero attached hydrogens (tertiary/aromatic N) is 4. The molecule has 3 heterocycles. The van der Waals surface area contributed by atoms with E-state index in [2.05, 4.69) is 20.4 Å². The highest BCUT2D eigenvalue weighted by molar-refractivity contribution is 6.09. The van der Waals surface area contributed by atoms with Gasteiger partial charge in [-0.1, -0.05) is 18.2 Å². The van der Waals surface area contributed by atoms with Crippen LogP contribution in [0.2, 0.25) is 0 Å². The third-order valence-electron chi connectivity index (χ3n) is 4.51. The maximum atomic E-state index is 12.5. The summed E-state index contributed by atoms with van der Waals surface area (Å²) in [6, 6.07) is 9.55. The van der Waals surface area contributed by atoms with Gasteiger partial charge in [0.15, 0.2) is 11.4 Å². The van der Waals surface area contributed by atoms with E-state index < -0.39 is 5.97 Å². The summed E-state index contributed by atoms with van der Waals surface area (Å²) in [5.74, 6) is -0.150. The van der Waals surface area contributed by atoms with Crippen molar-refractivity contribution in [3.8, 4) is 5.69 Å². The summed E-state index contributed by atoms with van der Waals surface area (Å²) in [7, 11) is 0. The first kappa shape index (κ1) is 19.3. The predicted molar refractivity (Wildman–Crippen MR) is 109 cm³/mol. The van der Waals surface area contributed by atoms with Crippen molar-refractivity contribution >= 4 is 34.5 Å². The van der Waals surface area contributed by atoms with Gasteiger partial charge in [0.05, 0.1) is 29.4 Å². The lowest BCUT2D eigenvalue weighted by Gasteiger charge is -2.07. The van der Waals surface area contributed by atoms with Crippen molar-refractivity contribution in [1.82, 2.24) is 19.7 Å². The fourth-order valence-corrected chi connectivity index (χ4v) is 3.26. The van der Waals surface area contributed by atoms with E-state index in [-0.39, 0.29) is 29.4 Å². The molecular weight excluding hydrogens is 386 g/mol. The number of Topliss-reactive ketones (excluding diaryl/α,β-unsaturated/α-hetero) is 1. The van der Waals surface area contributed by atoms with Crippen LogP contribution in [0.4, 0.5) is 11.7 Å². The molecule has 0 bridgehead atoms. The molecule has 9 nitrogen and oxygen atoms in total. The minimum absolute atomic E-state index is 0.0454. The van der Waals surface area contributed by atoms with Gasteiger partial charge in [-0.25, -0.2) is 19.4 Å². The number of nitrogens with one attached hydrogen (secondary N) is 1. The molecule has 152 valence electrons.